The van der Waals surface area contributed by atoms with Gasteiger partial charge in [-0.25, -0.2) is 0 Å². The van der Waals surface area contributed by atoms with Crippen LogP contribution in [0, 0.1) is 5.92 Å². The average Bonchev–Trinajstić information content (AvgIpc) is 2.81. The van der Waals surface area contributed by atoms with E-state index in [1.807, 2.05) is 12.1 Å². The lowest BCUT2D eigenvalue weighted by Crippen LogP contribution is -2.40. The Morgan fingerprint density at radius 2 is 2.15 bits per heavy atom. The van der Waals surface area contributed by atoms with Crippen molar-refractivity contribution in [1.82, 2.24) is 4.90 Å². The minimum atomic E-state index is -0.399. The van der Waals surface area contributed by atoms with Gasteiger partial charge in [0.2, 0.25) is 0 Å². The van der Waals surface area contributed by atoms with E-state index in [4.69, 9.17) is 4.74 Å². The van der Waals surface area contributed by atoms with E-state index in [0.29, 0.717) is 5.92 Å². The highest BCUT2D eigenvalue weighted by Crippen LogP contribution is 2.36. The summed E-state index contributed by atoms with van der Waals surface area (Å²) in [5, 5.41) is 10.7. The fraction of sp³-hybridized carbons (Fsp3) is 0.647. The van der Waals surface area contributed by atoms with Gasteiger partial charge in [-0.2, -0.15) is 0 Å². The maximum absolute atomic E-state index is 10.7. The first kappa shape index (κ1) is 15.3. The summed E-state index contributed by atoms with van der Waals surface area (Å²) in [6.45, 7) is 8.72. The normalized spacial score (nSPS) is 22.9. The number of fused-ring (bicyclic) bond motifs is 1. The maximum Gasteiger partial charge on any atom is 0.119 e. The molecular formula is C17H27NO2. The van der Waals surface area contributed by atoms with Crippen LogP contribution in [0.5, 0.6) is 5.75 Å². The minimum absolute atomic E-state index is 0.205. The predicted octanol–water partition coefficient (Wildman–Crippen LogP) is 3.02. The molecule has 0 heterocycles. The smallest absolute Gasteiger partial charge is 0.119 e. The third kappa shape index (κ3) is 2.99. The minimum Gasteiger partial charge on any atom is -0.497 e. The summed E-state index contributed by atoms with van der Waals surface area (Å²) in [5.41, 5.74) is 2.29. The van der Waals surface area contributed by atoms with Crippen LogP contribution < -0.4 is 4.74 Å². The summed E-state index contributed by atoms with van der Waals surface area (Å²) in [6.07, 6.45) is 1.72. The van der Waals surface area contributed by atoms with E-state index in [1.54, 1.807) is 7.11 Å². The fourth-order valence-electron chi connectivity index (χ4n) is 3.06. The number of methoxy groups -OCH3 is 1. The Hall–Kier alpha value is -1.06. The number of aliphatic hydroxyl groups is 1. The number of likely N-dealkylation sites (N-methyl/N-ethyl adjacent to an activating group) is 1. The predicted molar refractivity (Wildman–Crippen MR) is 82.1 cm³/mol. The summed E-state index contributed by atoms with van der Waals surface area (Å²) in [7, 11) is 1.67. The van der Waals surface area contributed by atoms with Gasteiger partial charge in [0.25, 0.3) is 0 Å². The van der Waals surface area contributed by atoms with Gasteiger partial charge in [0.1, 0.15) is 5.75 Å². The molecule has 0 aliphatic heterocycles. The van der Waals surface area contributed by atoms with E-state index in [9.17, 15) is 5.11 Å². The van der Waals surface area contributed by atoms with Crippen LogP contribution in [-0.2, 0) is 6.42 Å². The average molecular weight is 277 g/mol. The van der Waals surface area contributed by atoms with Crippen LogP contribution in [0.25, 0.3) is 0 Å². The third-order valence-corrected chi connectivity index (χ3v) is 4.58. The van der Waals surface area contributed by atoms with Crippen molar-refractivity contribution in [2.45, 2.75) is 45.8 Å². The van der Waals surface area contributed by atoms with Crippen molar-refractivity contribution in [1.29, 1.82) is 0 Å². The second kappa shape index (κ2) is 6.59. The van der Waals surface area contributed by atoms with Crippen molar-refractivity contribution in [3.8, 4) is 5.75 Å². The van der Waals surface area contributed by atoms with E-state index in [2.05, 4.69) is 31.7 Å². The van der Waals surface area contributed by atoms with E-state index in [1.165, 1.54) is 12.0 Å². The number of rotatable bonds is 6. The lowest BCUT2D eigenvalue weighted by atomic mass is 10.0. The highest BCUT2D eigenvalue weighted by molar-refractivity contribution is 5.41. The Bertz CT molecular complexity index is 447. The van der Waals surface area contributed by atoms with Crippen molar-refractivity contribution < 1.29 is 9.84 Å². The lowest BCUT2D eigenvalue weighted by Gasteiger charge is -2.32. The van der Waals surface area contributed by atoms with Crippen molar-refractivity contribution in [3.63, 3.8) is 0 Å². The first-order valence-electron chi connectivity index (χ1n) is 7.69. The van der Waals surface area contributed by atoms with Gasteiger partial charge in [0.15, 0.2) is 0 Å². The van der Waals surface area contributed by atoms with Gasteiger partial charge in [-0.15, -0.1) is 0 Å². The van der Waals surface area contributed by atoms with Crippen LogP contribution in [0.3, 0.4) is 0 Å². The zero-order valence-corrected chi connectivity index (χ0v) is 13.1. The highest BCUT2D eigenvalue weighted by atomic mass is 16.5. The molecule has 20 heavy (non-hydrogen) atoms. The molecule has 3 unspecified atom stereocenters. The van der Waals surface area contributed by atoms with E-state index in [-0.39, 0.29) is 6.04 Å². The third-order valence-electron chi connectivity index (χ3n) is 4.58. The highest BCUT2D eigenvalue weighted by Gasteiger charge is 2.35. The molecule has 0 bridgehead atoms. The van der Waals surface area contributed by atoms with E-state index < -0.39 is 6.10 Å². The number of aliphatic hydroxyl groups excluding tert-OH is 1. The monoisotopic (exact) mass is 277 g/mol. The first-order valence-corrected chi connectivity index (χ1v) is 7.69. The zero-order valence-electron chi connectivity index (χ0n) is 13.1. The molecule has 1 aromatic rings. The summed E-state index contributed by atoms with van der Waals surface area (Å²) in [6, 6.07) is 6.26. The second-order valence-electron chi connectivity index (χ2n) is 5.88. The lowest BCUT2D eigenvalue weighted by molar-refractivity contribution is 0.0552. The number of hydrogen-bond acceptors (Lipinski definition) is 3. The van der Waals surface area contributed by atoms with Crippen molar-refractivity contribution in [2.75, 3.05) is 20.2 Å². The Balaban J connectivity index is 2.16. The number of hydrogen-bond donors (Lipinski definition) is 1. The maximum atomic E-state index is 10.7. The van der Waals surface area contributed by atoms with Crippen LogP contribution in [-0.4, -0.2) is 36.2 Å². The molecule has 0 saturated heterocycles. The molecule has 2 rings (SSSR count). The standard InChI is InChI=1S/C17H27NO2/c1-5-12(3)11-18(6-2)16-9-13-7-8-14(20-4)10-15(13)17(16)19/h7-8,10,12,16-17,19H,5-6,9,11H2,1-4H3. The molecule has 0 fully saturated rings. The van der Waals surface area contributed by atoms with E-state index in [0.717, 1.165) is 30.8 Å². The summed E-state index contributed by atoms with van der Waals surface area (Å²) >= 11 is 0. The van der Waals surface area contributed by atoms with Gasteiger partial charge in [-0.3, -0.25) is 4.90 Å². The number of ether oxygens (including phenoxy) is 1. The Kier molecular flexibility index (Phi) is 5.06. The van der Waals surface area contributed by atoms with Gasteiger partial charge in [0.05, 0.1) is 13.2 Å². The van der Waals surface area contributed by atoms with Gasteiger partial charge in [0, 0.05) is 12.6 Å². The Morgan fingerprint density at radius 1 is 1.40 bits per heavy atom. The van der Waals surface area contributed by atoms with Crippen molar-refractivity contribution in [2.24, 2.45) is 5.92 Å². The van der Waals surface area contributed by atoms with Gasteiger partial charge < -0.3 is 9.84 Å². The van der Waals surface area contributed by atoms with Crippen molar-refractivity contribution in [3.05, 3.63) is 29.3 Å². The van der Waals surface area contributed by atoms with Gasteiger partial charge in [-0.05, 0) is 42.1 Å². The zero-order chi connectivity index (χ0) is 14.7. The van der Waals surface area contributed by atoms with Gasteiger partial charge >= 0.3 is 0 Å². The molecule has 3 heteroatoms. The second-order valence-corrected chi connectivity index (χ2v) is 5.88. The number of nitrogens with zero attached hydrogens (tertiary/aromatic N) is 1. The summed E-state index contributed by atoms with van der Waals surface area (Å²) in [4.78, 5) is 2.42. The summed E-state index contributed by atoms with van der Waals surface area (Å²) in [5.74, 6) is 1.49. The first-order chi connectivity index (χ1) is 9.60. The van der Waals surface area contributed by atoms with Crippen LogP contribution in [0.2, 0.25) is 0 Å². The molecule has 0 radical (unpaired) electrons. The summed E-state index contributed by atoms with van der Waals surface area (Å²) < 4.78 is 5.27. The molecule has 0 aromatic heterocycles. The molecule has 112 valence electrons. The van der Waals surface area contributed by atoms with Crippen LogP contribution in [0.1, 0.15) is 44.4 Å². The molecule has 0 spiro atoms. The molecule has 1 N–H and O–H groups in total. The molecular weight excluding hydrogens is 250 g/mol. The molecule has 3 nitrogen and oxygen atoms in total. The number of benzene rings is 1. The molecule has 1 aromatic carbocycles. The quantitative estimate of drug-likeness (QED) is 0.867. The Morgan fingerprint density at radius 3 is 2.75 bits per heavy atom. The molecule has 1 aliphatic carbocycles. The van der Waals surface area contributed by atoms with E-state index >= 15 is 0 Å². The van der Waals surface area contributed by atoms with Crippen LogP contribution >= 0.6 is 0 Å². The van der Waals surface area contributed by atoms with Crippen LogP contribution in [0.4, 0.5) is 0 Å². The molecule has 0 amide bonds. The van der Waals surface area contributed by atoms with Crippen LogP contribution in [0.15, 0.2) is 18.2 Å². The SMILES string of the molecule is CCC(C)CN(CC)C1Cc2ccc(OC)cc2C1O. The fourth-order valence-corrected chi connectivity index (χ4v) is 3.06. The molecule has 1 aliphatic rings. The molecule has 0 saturated carbocycles. The topological polar surface area (TPSA) is 32.7 Å². The van der Waals surface area contributed by atoms with Crippen molar-refractivity contribution >= 4 is 0 Å². The Labute approximate surface area is 122 Å². The van der Waals surface area contributed by atoms with Gasteiger partial charge in [-0.1, -0.05) is 33.3 Å². The largest absolute Gasteiger partial charge is 0.497 e. The molecule has 3 atom stereocenters.